The molecule has 98 valence electrons. The normalized spacial score (nSPS) is 17.7. The zero-order valence-corrected chi connectivity index (χ0v) is 9.96. The molecular weight excluding hydrogens is 241 g/mol. The second-order valence-corrected chi connectivity index (χ2v) is 4.75. The van der Waals surface area contributed by atoms with E-state index in [9.17, 15) is 18.0 Å². The Bertz CT molecular complexity index is 431. The van der Waals surface area contributed by atoms with Crippen molar-refractivity contribution in [3.05, 3.63) is 35.4 Å². The van der Waals surface area contributed by atoms with Gasteiger partial charge in [-0.15, -0.1) is 0 Å². The van der Waals surface area contributed by atoms with Crippen molar-refractivity contribution in [2.45, 2.75) is 44.2 Å². The highest BCUT2D eigenvalue weighted by Gasteiger charge is 2.40. The summed E-state index contributed by atoms with van der Waals surface area (Å²) in [6.07, 6.45) is 0.152. The van der Waals surface area contributed by atoms with Crippen molar-refractivity contribution in [1.82, 2.24) is 0 Å². The summed E-state index contributed by atoms with van der Waals surface area (Å²) in [6, 6.07) is 6.15. The Morgan fingerprint density at radius 3 is 2.28 bits per heavy atom. The lowest BCUT2D eigenvalue weighted by Crippen LogP contribution is -2.24. The van der Waals surface area contributed by atoms with E-state index < -0.39 is 12.0 Å². The van der Waals surface area contributed by atoms with Gasteiger partial charge in [-0.2, -0.15) is 13.2 Å². The second kappa shape index (κ2) is 5.12. The molecule has 0 aliphatic heterocycles. The van der Waals surface area contributed by atoms with Gasteiger partial charge in [0, 0.05) is 5.56 Å². The number of rotatable bonds is 2. The zero-order chi connectivity index (χ0) is 13.2. The second-order valence-electron chi connectivity index (χ2n) is 4.75. The molecule has 0 N–H and O–H groups in total. The van der Waals surface area contributed by atoms with E-state index in [-0.39, 0.29) is 11.5 Å². The molecule has 0 bridgehead atoms. The van der Waals surface area contributed by atoms with Crippen LogP contribution < -0.4 is 0 Å². The summed E-state index contributed by atoms with van der Waals surface area (Å²) < 4.78 is 37.6. The Hall–Kier alpha value is -1.32. The molecule has 1 aromatic rings. The van der Waals surface area contributed by atoms with Crippen molar-refractivity contribution in [2.75, 3.05) is 0 Å². The van der Waals surface area contributed by atoms with Gasteiger partial charge in [-0.3, -0.25) is 4.79 Å². The maximum atomic E-state index is 12.5. The van der Waals surface area contributed by atoms with Crippen LogP contribution in [0.1, 0.15) is 53.9 Å². The Kier molecular flexibility index (Phi) is 3.73. The summed E-state index contributed by atoms with van der Waals surface area (Å²) in [5.74, 6) is -1.62. The highest BCUT2D eigenvalue weighted by Crippen LogP contribution is 2.36. The number of hydrogen-bond donors (Lipinski definition) is 0. The van der Waals surface area contributed by atoms with E-state index in [4.69, 9.17) is 0 Å². The number of alkyl halides is 3. The van der Waals surface area contributed by atoms with Crippen LogP contribution in [0.25, 0.3) is 0 Å². The Morgan fingerprint density at radius 1 is 1.06 bits per heavy atom. The number of hydrogen-bond acceptors (Lipinski definition) is 1. The molecule has 4 heteroatoms. The fraction of sp³-hybridized carbons (Fsp3) is 0.500. The van der Waals surface area contributed by atoms with Crippen LogP contribution in [0.4, 0.5) is 13.2 Å². The molecule has 1 fully saturated rings. The smallest absolute Gasteiger partial charge is 0.284 e. The van der Waals surface area contributed by atoms with Gasteiger partial charge in [0.25, 0.3) is 5.78 Å². The number of Topliss-reactive ketones (excluding diaryl/α,β-unsaturated/α-hetero) is 1. The molecule has 1 aliphatic rings. The molecule has 0 atom stereocenters. The summed E-state index contributed by atoms with van der Waals surface area (Å²) in [7, 11) is 0. The lowest BCUT2D eigenvalue weighted by molar-refractivity contribution is -0.0886. The number of carbonyl (C=O) groups excluding carboxylic acids is 1. The summed E-state index contributed by atoms with van der Waals surface area (Å²) >= 11 is 0. The molecule has 1 aromatic carbocycles. The minimum absolute atomic E-state index is 0.0984. The molecular formula is C14H15F3O. The third kappa shape index (κ3) is 2.74. The van der Waals surface area contributed by atoms with Crippen molar-refractivity contribution in [2.24, 2.45) is 0 Å². The van der Waals surface area contributed by atoms with Crippen LogP contribution in [0.15, 0.2) is 24.3 Å². The fourth-order valence-corrected chi connectivity index (χ4v) is 2.63. The maximum absolute atomic E-state index is 12.5. The summed E-state index contributed by atoms with van der Waals surface area (Å²) in [5.41, 5.74) is 0.399. The van der Waals surface area contributed by atoms with Gasteiger partial charge >= 0.3 is 6.18 Å². The van der Waals surface area contributed by atoms with Crippen molar-refractivity contribution in [3.63, 3.8) is 0 Å². The zero-order valence-electron chi connectivity index (χ0n) is 9.96. The first-order valence-corrected chi connectivity index (χ1v) is 6.20. The first-order valence-electron chi connectivity index (χ1n) is 6.20. The third-order valence-corrected chi connectivity index (χ3v) is 3.51. The SMILES string of the molecule is O=C(c1ccccc1C1CCCCC1)C(F)(F)F. The molecule has 0 amide bonds. The monoisotopic (exact) mass is 256 g/mol. The Morgan fingerprint density at radius 2 is 1.67 bits per heavy atom. The molecule has 0 radical (unpaired) electrons. The highest BCUT2D eigenvalue weighted by atomic mass is 19.4. The lowest BCUT2D eigenvalue weighted by atomic mass is 9.81. The van der Waals surface area contributed by atoms with Crippen LogP contribution >= 0.6 is 0 Å². The van der Waals surface area contributed by atoms with Crippen LogP contribution in [-0.4, -0.2) is 12.0 Å². The van der Waals surface area contributed by atoms with E-state index in [0.717, 1.165) is 32.1 Å². The van der Waals surface area contributed by atoms with E-state index in [1.54, 1.807) is 12.1 Å². The lowest BCUT2D eigenvalue weighted by Gasteiger charge is -2.24. The van der Waals surface area contributed by atoms with Gasteiger partial charge < -0.3 is 0 Å². The van der Waals surface area contributed by atoms with Crippen LogP contribution in [0.2, 0.25) is 0 Å². The van der Waals surface area contributed by atoms with Gasteiger partial charge in [0.05, 0.1) is 0 Å². The van der Waals surface area contributed by atoms with Crippen LogP contribution in [0.5, 0.6) is 0 Å². The van der Waals surface area contributed by atoms with Crippen molar-refractivity contribution in [3.8, 4) is 0 Å². The number of halogens is 3. The van der Waals surface area contributed by atoms with Gasteiger partial charge in [0.2, 0.25) is 0 Å². The fourth-order valence-electron chi connectivity index (χ4n) is 2.63. The molecule has 0 heterocycles. The third-order valence-electron chi connectivity index (χ3n) is 3.51. The van der Waals surface area contributed by atoms with Crippen molar-refractivity contribution >= 4 is 5.78 Å². The van der Waals surface area contributed by atoms with Gasteiger partial charge in [0.1, 0.15) is 0 Å². The molecule has 1 aliphatic carbocycles. The van der Waals surface area contributed by atoms with Gasteiger partial charge in [-0.25, -0.2) is 0 Å². The molecule has 0 aromatic heterocycles. The highest BCUT2D eigenvalue weighted by molar-refractivity contribution is 6.01. The van der Waals surface area contributed by atoms with Crippen molar-refractivity contribution in [1.29, 1.82) is 0 Å². The maximum Gasteiger partial charge on any atom is 0.454 e. The van der Waals surface area contributed by atoms with Gasteiger partial charge in [-0.05, 0) is 24.3 Å². The minimum Gasteiger partial charge on any atom is -0.284 e. The van der Waals surface area contributed by atoms with Crippen LogP contribution in [0.3, 0.4) is 0 Å². The summed E-state index contributed by atoms with van der Waals surface area (Å²) in [4.78, 5) is 11.4. The average Bonchev–Trinajstić information content (AvgIpc) is 2.38. The Balaban J connectivity index is 2.33. The van der Waals surface area contributed by atoms with E-state index >= 15 is 0 Å². The number of carbonyl (C=O) groups is 1. The molecule has 0 spiro atoms. The summed E-state index contributed by atoms with van der Waals surface area (Å²) in [6.45, 7) is 0. The molecule has 2 rings (SSSR count). The molecule has 18 heavy (non-hydrogen) atoms. The Labute approximate surface area is 104 Å². The largest absolute Gasteiger partial charge is 0.454 e. The predicted molar refractivity (Wildman–Crippen MR) is 62.7 cm³/mol. The first-order chi connectivity index (χ1) is 8.50. The number of ketones is 1. The molecule has 1 nitrogen and oxygen atoms in total. The van der Waals surface area contributed by atoms with Crippen molar-refractivity contribution < 1.29 is 18.0 Å². The topological polar surface area (TPSA) is 17.1 Å². The van der Waals surface area contributed by atoms with E-state index in [0.29, 0.717) is 5.56 Å². The van der Waals surface area contributed by atoms with Crippen LogP contribution in [-0.2, 0) is 0 Å². The van der Waals surface area contributed by atoms with E-state index in [1.165, 1.54) is 12.1 Å². The minimum atomic E-state index is -4.79. The van der Waals surface area contributed by atoms with Gasteiger partial charge in [0.15, 0.2) is 0 Å². The average molecular weight is 256 g/mol. The van der Waals surface area contributed by atoms with E-state index in [2.05, 4.69) is 0 Å². The van der Waals surface area contributed by atoms with Gasteiger partial charge in [-0.1, -0.05) is 43.5 Å². The molecule has 0 unspecified atom stereocenters. The number of benzene rings is 1. The van der Waals surface area contributed by atoms with E-state index in [1.807, 2.05) is 0 Å². The van der Waals surface area contributed by atoms with Crippen LogP contribution in [0, 0.1) is 0 Å². The quantitative estimate of drug-likeness (QED) is 0.713. The summed E-state index contributed by atoms with van der Waals surface area (Å²) in [5, 5.41) is 0. The first kappa shape index (κ1) is 13.1. The molecule has 0 saturated heterocycles. The predicted octanol–water partition coefficient (Wildman–Crippen LogP) is 4.48. The molecule has 1 saturated carbocycles. The standard InChI is InChI=1S/C14H15F3O/c15-14(16,17)13(18)12-9-5-4-8-11(12)10-6-2-1-3-7-10/h4-5,8-10H,1-3,6-7H2.